The Kier molecular flexibility index (Phi) is 8.05. The molecule has 3 fully saturated rings. The van der Waals surface area contributed by atoms with Crippen molar-refractivity contribution in [3.05, 3.63) is 98.5 Å². The number of fused-ring (bicyclic) bond motifs is 9. The van der Waals surface area contributed by atoms with E-state index in [0.29, 0.717) is 35.2 Å². The van der Waals surface area contributed by atoms with Crippen molar-refractivity contribution in [2.24, 2.45) is 29.6 Å². The normalized spacial score (nSPS) is 26.4. The Bertz CT molecular complexity index is 2070. The van der Waals surface area contributed by atoms with Crippen LogP contribution < -0.4 is 24.6 Å². The first-order valence-corrected chi connectivity index (χ1v) is 17.9. The summed E-state index contributed by atoms with van der Waals surface area (Å²) in [5.41, 5.74) is -0.0206. The second-order valence-electron chi connectivity index (χ2n) is 12.8. The Morgan fingerprint density at radius 2 is 1.66 bits per heavy atom. The van der Waals surface area contributed by atoms with Gasteiger partial charge in [-0.1, -0.05) is 47.7 Å². The molecule has 14 heteroatoms. The zero-order chi connectivity index (χ0) is 34.9. The van der Waals surface area contributed by atoms with Gasteiger partial charge in [-0.3, -0.25) is 19.2 Å². The number of aromatic nitrogens is 1. The van der Waals surface area contributed by atoms with E-state index < -0.39 is 41.1 Å². The van der Waals surface area contributed by atoms with Crippen LogP contribution in [0.15, 0.2) is 82.6 Å². The van der Waals surface area contributed by atoms with Crippen molar-refractivity contribution >= 4 is 52.2 Å². The summed E-state index contributed by atoms with van der Waals surface area (Å²) >= 11 is 2.58. The smallest absolute Gasteiger partial charge is 0.418 e. The van der Waals surface area contributed by atoms with Gasteiger partial charge >= 0.3 is 11.0 Å². The number of hydrogen-bond acceptors (Lipinski definition) is 8. The summed E-state index contributed by atoms with van der Waals surface area (Å²) in [5.74, 6) is -3.42. The van der Waals surface area contributed by atoms with E-state index in [4.69, 9.17) is 9.47 Å². The fourth-order valence-corrected chi connectivity index (χ4v) is 11.4. The molecule has 4 aromatic rings. The number of hydrogen-bond donors (Lipinski definition) is 2. The maximum atomic E-state index is 14.1. The summed E-state index contributed by atoms with van der Waals surface area (Å²) in [5, 5.41) is 3.32. The Labute approximate surface area is 292 Å². The monoisotopic (exact) mass is 721 g/mol. The molecule has 8 rings (SSSR count). The van der Waals surface area contributed by atoms with Crippen LogP contribution in [0.2, 0.25) is 0 Å². The third-order valence-electron chi connectivity index (χ3n) is 10.2. The van der Waals surface area contributed by atoms with Gasteiger partial charge in [-0.15, -0.1) is 11.8 Å². The molecule has 258 valence electrons. The third-order valence-corrected chi connectivity index (χ3v) is 12.8. The fourth-order valence-electron chi connectivity index (χ4n) is 8.50. The average molecular weight is 722 g/mol. The van der Waals surface area contributed by atoms with E-state index in [1.165, 1.54) is 30.0 Å². The third kappa shape index (κ3) is 5.31. The highest BCUT2D eigenvalue weighted by Crippen LogP contribution is 2.69. The van der Waals surface area contributed by atoms with Gasteiger partial charge < -0.3 is 19.8 Å². The van der Waals surface area contributed by atoms with Crippen LogP contribution in [0.25, 0.3) is 0 Å². The van der Waals surface area contributed by atoms with Gasteiger partial charge in [-0.25, -0.2) is 4.90 Å². The average Bonchev–Trinajstić information content (AvgIpc) is 3.83. The lowest BCUT2D eigenvalue weighted by Gasteiger charge is -2.43. The quantitative estimate of drug-likeness (QED) is 0.198. The van der Waals surface area contributed by atoms with E-state index >= 15 is 0 Å². The summed E-state index contributed by atoms with van der Waals surface area (Å²) in [6, 6.07) is 19.1. The SMILES string of the molecule is CCOc1cc([C@H]2c3sc(=O)[nH]c3SC3C2[C@H]2C[C@@H]3C3C(=O)N(c4ccccc4C(F)(F)F)C(=O)C32)ccc1OCC(=O)Nc1ccccc1. The standard InChI is InChI=1S/C36H30F3N3O6S2/c1-2-47-24-14-17(12-13-23(24)48-16-25(43)40-18-8-4-3-5-9-18)26-27-19-15-20(30(27)49-32-31(26)50-35(46)41-32)29-28(19)33(44)42(34(29)45)22-11-7-6-10-21(22)36(37,38)39/h3-14,19-20,26-30H,2,15-16H2,1H3,(H,40,43)(H,41,46)/t19-,20-,26-,27?,28?,29?,30?/m1/s1. The topological polar surface area (TPSA) is 118 Å². The first-order valence-electron chi connectivity index (χ1n) is 16.2. The largest absolute Gasteiger partial charge is 0.490 e. The van der Waals surface area contributed by atoms with E-state index in [1.807, 2.05) is 37.3 Å². The summed E-state index contributed by atoms with van der Waals surface area (Å²) in [6.07, 6.45) is -4.17. The Morgan fingerprint density at radius 3 is 2.40 bits per heavy atom. The second-order valence-corrected chi connectivity index (χ2v) is 15.0. The van der Waals surface area contributed by atoms with Crippen molar-refractivity contribution in [3.63, 3.8) is 0 Å². The molecule has 2 aliphatic heterocycles. The number of thioether (sulfide) groups is 1. The van der Waals surface area contributed by atoms with E-state index in [2.05, 4.69) is 10.3 Å². The predicted molar refractivity (Wildman–Crippen MR) is 181 cm³/mol. The van der Waals surface area contributed by atoms with Gasteiger partial charge in [0.05, 0.1) is 34.7 Å². The maximum Gasteiger partial charge on any atom is 0.418 e. The van der Waals surface area contributed by atoms with Gasteiger partial charge in [0.1, 0.15) is 0 Å². The summed E-state index contributed by atoms with van der Waals surface area (Å²) < 4.78 is 53.9. The number of nitrogens with zero attached hydrogens (tertiary/aromatic N) is 1. The molecule has 2 N–H and O–H groups in total. The number of carbonyl (C=O) groups excluding carboxylic acids is 3. The predicted octanol–water partition coefficient (Wildman–Crippen LogP) is 6.55. The molecular weight excluding hydrogens is 692 g/mol. The van der Waals surface area contributed by atoms with E-state index in [-0.39, 0.29) is 46.3 Å². The molecule has 50 heavy (non-hydrogen) atoms. The van der Waals surface area contributed by atoms with Gasteiger partial charge in [0.2, 0.25) is 11.8 Å². The lowest BCUT2D eigenvalue weighted by Crippen LogP contribution is -2.42. The van der Waals surface area contributed by atoms with Crippen molar-refractivity contribution in [1.82, 2.24) is 4.98 Å². The number of thiazole rings is 1. The van der Waals surface area contributed by atoms with Gasteiger partial charge in [0.25, 0.3) is 5.91 Å². The highest BCUT2D eigenvalue weighted by atomic mass is 32.2. The van der Waals surface area contributed by atoms with Crippen LogP contribution in [-0.4, -0.2) is 41.2 Å². The number of anilines is 2. The number of carbonyl (C=O) groups is 3. The number of amides is 3. The van der Waals surface area contributed by atoms with Crippen LogP contribution in [0, 0.1) is 29.6 Å². The number of alkyl halides is 3. The summed E-state index contributed by atoms with van der Waals surface area (Å²) in [4.78, 5) is 57.6. The van der Waals surface area contributed by atoms with Gasteiger partial charge in [0.15, 0.2) is 18.1 Å². The van der Waals surface area contributed by atoms with Crippen LogP contribution in [0.3, 0.4) is 0 Å². The van der Waals surface area contributed by atoms with Crippen LogP contribution in [0.5, 0.6) is 11.5 Å². The molecule has 4 aliphatic rings. The first kappa shape index (κ1) is 32.6. The van der Waals surface area contributed by atoms with Crippen molar-refractivity contribution in [3.8, 4) is 11.5 Å². The number of ether oxygens (including phenoxy) is 2. The van der Waals surface area contributed by atoms with Gasteiger partial charge in [-0.05, 0) is 73.1 Å². The molecule has 3 amide bonds. The number of nitrogens with one attached hydrogen (secondary N) is 2. The first-order chi connectivity index (χ1) is 24.0. The minimum Gasteiger partial charge on any atom is -0.490 e. The number of imide groups is 1. The van der Waals surface area contributed by atoms with Crippen molar-refractivity contribution < 1.29 is 37.0 Å². The molecule has 4 unspecified atom stereocenters. The minimum absolute atomic E-state index is 0.160. The molecule has 7 atom stereocenters. The number of aromatic amines is 1. The number of para-hydroxylation sites is 2. The molecule has 1 aromatic heterocycles. The minimum atomic E-state index is -4.75. The molecule has 3 aromatic carbocycles. The second kappa shape index (κ2) is 12.3. The number of rotatable bonds is 8. The number of H-pyrrole nitrogens is 1. The Hall–Kier alpha value is -4.56. The molecule has 3 heterocycles. The lowest BCUT2D eigenvalue weighted by atomic mass is 9.68. The van der Waals surface area contributed by atoms with Gasteiger partial charge in [0, 0.05) is 21.7 Å². The van der Waals surface area contributed by atoms with E-state index in [9.17, 15) is 32.3 Å². The molecule has 0 spiro atoms. The van der Waals surface area contributed by atoms with Crippen molar-refractivity contribution in [2.45, 2.75) is 35.7 Å². The summed E-state index contributed by atoms with van der Waals surface area (Å²) in [7, 11) is 0. The zero-order valence-corrected chi connectivity index (χ0v) is 28.1. The van der Waals surface area contributed by atoms with Crippen LogP contribution in [0.4, 0.5) is 24.5 Å². The molecule has 0 radical (unpaired) electrons. The molecule has 2 aliphatic carbocycles. The zero-order valence-electron chi connectivity index (χ0n) is 26.4. The van der Waals surface area contributed by atoms with Crippen LogP contribution in [-0.2, 0) is 20.6 Å². The highest BCUT2D eigenvalue weighted by Gasteiger charge is 2.70. The maximum absolute atomic E-state index is 14.1. The van der Waals surface area contributed by atoms with Crippen LogP contribution in [0.1, 0.15) is 35.3 Å². The molecule has 2 saturated carbocycles. The fraction of sp³-hybridized carbons (Fsp3) is 0.333. The van der Waals surface area contributed by atoms with E-state index in [1.54, 1.807) is 18.2 Å². The molecular formula is C36H30F3N3O6S2. The van der Waals surface area contributed by atoms with Crippen molar-refractivity contribution in [1.29, 1.82) is 0 Å². The van der Waals surface area contributed by atoms with Gasteiger partial charge in [-0.2, -0.15) is 13.2 Å². The Morgan fingerprint density at radius 1 is 0.940 bits per heavy atom. The molecule has 1 saturated heterocycles. The summed E-state index contributed by atoms with van der Waals surface area (Å²) in [6.45, 7) is 1.87. The van der Waals surface area contributed by atoms with E-state index in [0.717, 1.165) is 32.7 Å². The number of halogens is 3. The molecule has 2 bridgehead atoms. The Balaban J connectivity index is 1.12. The lowest BCUT2D eigenvalue weighted by molar-refractivity contribution is -0.137. The number of benzene rings is 3. The highest BCUT2D eigenvalue weighted by molar-refractivity contribution is 8.00. The van der Waals surface area contributed by atoms with Crippen molar-refractivity contribution in [2.75, 3.05) is 23.4 Å². The molecule has 9 nitrogen and oxygen atoms in total. The van der Waals surface area contributed by atoms with Crippen LogP contribution >= 0.6 is 23.1 Å².